The molecule has 2 aliphatic rings. The van der Waals surface area contributed by atoms with E-state index in [4.69, 9.17) is 0 Å². The Labute approximate surface area is 148 Å². The number of carbonyl (C=O) groups excluding carboxylic acids is 2. The van der Waals surface area contributed by atoms with Gasteiger partial charge in [-0.05, 0) is 24.5 Å². The van der Waals surface area contributed by atoms with E-state index < -0.39 is 15.9 Å². The largest absolute Gasteiger partial charge is 0.354 e. The van der Waals surface area contributed by atoms with Gasteiger partial charge in [0.25, 0.3) is 0 Å². The second kappa shape index (κ2) is 7.13. The summed E-state index contributed by atoms with van der Waals surface area (Å²) in [5, 5.41) is 2.69. The molecule has 2 amide bonds. The van der Waals surface area contributed by atoms with Crippen molar-refractivity contribution in [1.82, 2.24) is 9.62 Å². The van der Waals surface area contributed by atoms with Gasteiger partial charge in [-0.15, -0.1) is 0 Å². The van der Waals surface area contributed by atoms with Crippen molar-refractivity contribution >= 4 is 27.5 Å². The van der Waals surface area contributed by atoms with Crippen LogP contribution in [-0.4, -0.2) is 57.0 Å². The summed E-state index contributed by atoms with van der Waals surface area (Å²) in [6.07, 6.45) is 1.87. The van der Waals surface area contributed by atoms with E-state index in [1.165, 1.54) is 4.31 Å². The molecule has 1 aromatic carbocycles. The number of fused-ring (bicyclic) bond motifs is 1. The van der Waals surface area contributed by atoms with Gasteiger partial charge < -0.3 is 10.2 Å². The average Bonchev–Trinajstić information content (AvgIpc) is 3.13. The Morgan fingerprint density at radius 3 is 2.64 bits per heavy atom. The fourth-order valence-corrected chi connectivity index (χ4v) is 4.83. The highest BCUT2D eigenvalue weighted by Gasteiger charge is 2.33. The van der Waals surface area contributed by atoms with Gasteiger partial charge in [0.2, 0.25) is 21.8 Å². The highest BCUT2D eigenvalue weighted by atomic mass is 32.2. The van der Waals surface area contributed by atoms with Crippen LogP contribution in [-0.2, 0) is 19.6 Å². The predicted molar refractivity (Wildman–Crippen MR) is 94.8 cm³/mol. The molecule has 25 heavy (non-hydrogen) atoms. The molecule has 1 N–H and O–H groups in total. The molecule has 1 aromatic rings. The van der Waals surface area contributed by atoms with Crippen molar-refractivity contribution in [3.8, 4) is 0 Å². The Kier molecular flexibility index (Phi) is 5.10. The molecular formula is C17H23N3O4S. The van der Waals surface area contributed by atoms with Gasteiger partial charge in [-0.1, -0.05) is 18.2 Å². The number of benzene rings is 1. The first-order chi connectivity index (χ1) is 11.9. The van der Waals surface area contributed by atoms with E-state index in [1.54, 1.807) is 11.9 Å². The molecule has 0 aliphatic carbocycles. The minimum atomic E-state index is -3.32. The lowest BCUT2D eigenvalue weighted by Gasteiger charge is -2.30. The van der Waals surface area contributed by atoms with Crippen molar-refractivity contribution in [2.75, 3.05) is 37.3 Å². The predicted octanol–water partition coefficient (Wildman–Crippen LogP) is 0.679. The second-order valence-corrected chi connectivity index (χ2v) is 8.57. The van der Waals surface area contributed by atoms with E-state index in [1.807, 2.05) is 24.3 Å². The molecule has 0 radical (unpaired) electrons. The standard InChI is InChI=1S/C17H23N3O4S/c1-19-15-7-3-2-6-13(15)14(12-16(19)21)17(22)18-8-11-25(23,24)20-9-4-5-10-20/h2-3,6-7,14H,4-5,8-12H2,1H3,(H,18,22)/t14-/m1/s1. The van der Waals surface area contributed by atoms with Crippen LogP contribution in [0.3, 0.4) is 0 Å². The molecule has 0 saturated carbocycles. The number of sulfonamides is 1. The van der Waals surface area contributed by atoms with Crippen LogP contribution in [0, 0.1) is 0 Å². The Hall–Kier alpha value is -1.93. The van der Waals surface area contributed by atoms with Gasteiger partial charge in [0.15, 0.2) is 0 Å². The molecular weight excluding hydrogens is 342 g/mol. The fraction of sp³-hybridized carbons (Fsp3) is 0.529. The number of amides is 2. The molecule has 1 atom stereocenters. The monoisotopic (exact) mass is 365 g/mol. The zero-order valence-electron chi connectivity index (χ0n) is 14.3. The number of para-hydroxylation sites is 1. The first kappa shape index (κ1) is 17.9. The number of nitrogens with zero attached hydrogens (tertiary/aromatic N) is 2. The van der Waals surface area contributed by atoms with Gasteiger partial charge in [-0.25, -0.2) is 12.7 Å². The quantitative estimate of drug-likeness (QED) is 0.831. The fourth-order valence-electron chi connectivity index (χ4n) is 3.40. The van der Waals surface area contributed by atoms with E-state index in [-0.39, 0.29) is 30.5 Å². The van der Waals surface area contributed by atoms with E-state index in [0.717, 1.165) is 24.1 Å². The van der Waals surface area contributed by atoms with E-state index in [0.29, 0.717) is 13.1 Å². The van der Waals surface area contributed by atoms with E-state index in [9.17, 15) is 18.0 Å². The minimum Gasteiger partial charge on any atom is -0.354 e. The molecule has 2 heterocycles. The first-order valence-corrected chi connectivity index (χ1v) is 10.1. The number of hydrogen-bond donors (Lipinski definition) is 1. The third kappa shape index (κ3) is 3.69. The lowest BCUT2D eigenvalue weighted by Crippen LogP contribution is -2.41. The van der Waals surface area contributed by atoms with Crippen molar-refractivity contribution in [3.63, 3.8) is 0 Å². The lowest BCUT2D eigenvalue weighted by molar-refractivity contribution is -0.127. The molecule has 0 spiro atoms. The summed E-state index contributed by atoms with van der Waals surface area (Å²) >= 11 is 0. The van der Waals surface area contributed by atoms with Crippen molar-refractivity contribution < 1.29 is 18.0 Å². The smallest absolute Gasteiger partial charge is 0.228 e. The van der Waals surface area contributed by atoms with Crippen molar-refractivity contribution in [2.45, 2.75) is 25.2 Å². The number of hydrogen-bond acceptors (Lipinski definition) is 4. The molecule has 0 bridgehead atoms. The van der Waals surface area contributed by atoms with Gasteiger partial charge in [-0.3, -0.25) is 9.59 Å². The molecule has 2 aliphatic heterocycles. The van der Waals surface area contributed by atoms with Gasteiger partial charge in [0, 0.05) is 38.8 Å². The first-order valence-electron chi connectivity index (χ1n) is 8.51. The van der Waals surface area contributed by atoms with Crippen LogP contribution in [0.2, 0.25) is 0 Å². The number of nitrogens with one attached hydrogen (secondary N) is 1. The summed E-state index contributed by atoms with van der Waals surface area (Å²) in [6.45, 7) is 1.18. The Bertz CT molecular complexity index is 772. The van der Waals surface area contributed by atoms with Gasteiger partial charge in [-0.2, -0.15) is 0 Å². The van der Waals surface area contributed by atoms with Crippen LogP contribution >= 0.6 is 0 Å². The van der Waals surface area contributed by atoms with Gasteiger partial charge in [0.1, 0.15) is 0 Å². The SMILES string of the molecule is CN1C(=O)C[C@@H](C(=O)NCCS(=O)(=O)N2CCCC2)c2ccccc21. The molecule has 7 nitrogen and oxygen atoms in total. The van der Waals surface area contributed by atoms with Gasteiger partial charge in [0.05, 0.1) is 11.7 Å². The molecule has 1 fully saturated rings. The summed E-state index contributed by atoms with van der Waals surface area (Å²) in [7, 11) is -1.63. The molecule has 3 rings (SSSR count). The second-order valence-electron chi connectivity index (χ2n) is 6.48. The van der Waals surface area contributed by atoms with Crippen molar-refractivity contribution in [1.29, 1.82) is 0 Å². The maximum atomic E-state index is 12.5. The van der Waals surface area contributed by atoms with Crippen molar-refractivity contribution in [2.24, 2.45) is 0 Å². The molecule has 0 aromatic heterocycles. The third-order valence-corrected chi connectivity index (χ3v) is 6.73. The lowest BCUT2D eigenvalue weighted by atomic mass is 9.89. The maximum Gasteiger partial charge on any atom is 0.228 e. The van der Waals surface area contributed by atoms with Crippen molar-refractivity contribution in [3.05, 3.63) is 29.8 Å². The van der Waals surface area contributed by atoms with Crippen LogP contribution in [0.5, 0.6) is 0 Å². The maximum absolute atomic E-state index is 12.5. The molecule has 0 unspecified atom stereocenters. The third-order valence-electron chi connectivity index (χ3n) is 4.86. The van der Waals surface area contributed by atoms with Crippen LogP contribution in [0.1, 0.15) is 30.7 Å². The summed E-state index contributed by atoms with van der Waals surface area (Å²) in [5.74, 6) is -1.11. The zero-order valence-corrected chi connectivity index (χ0v) is 15.1. The number of rotatable bonds is 5. The topological polar surface area (TPSA) is 86.8 Å². The Morgan fingerprint density at radius 2 is 1.92 bits per heavy atom. The zero-order chi connectivity index (χ0) is 18.0. The minimum absolute atomic E-state index is 0.0559. The molecule has 136 valence electrons. The Balaban J connectivity index is 1.64. The number of anilines is 1. The molecule has 1 saturated heterocycles. The summed E-state index contributed by atoms with van der Waals surface area (Å²) in [6, 6.07) is 7.31. The molecule has 8 heteroatoms. The summed E-state index contributed by atoms with van der Waals surface area (Å²) < 4.78 is 25.9. The van der Waals surface area contributed by atoms with E-state index >= 15 is 0 Å². The van der Waals surface area contributed by atoms with Gasteiger partial charge >= 0.3 is 0 Å². The van der Waals surface area contributed by atoms with Crippen LogP contribution < -0.4 is 10.2 Å². The van der Waals surface area contributed by atoms with E-state index in [2.05, 4.69) is 5.32 Å². The highest BCUT2D eigenvalue weighted by molar-refractivity contribution is 7.89. The summed E-state index contributed by atoms with van der Waals surface area (Å²) in [4.78, 5) is 26.2. The number of carbonyl (C=O) groups is 2. The Morgan fingerprint density at radius 1 is 1.24 bits per heavy atom. The average molecular weight is 365 g/mol. The summed E-state index contributed by atoms with van der Waals surface area (Å²) in [5.41, 5.74) is 1.52. The highest BCUT2D eigenvalue weighted by Crippen LogP contribution is 2.35. The van der Waals surface area contributed by atoms with Crippen LogP contribution in [0.25, 0.3) is 0 Å². The van der Waals surface area contributed by atoms with Crippen LogP contribution in [0.15, 0.2) is 24.3 Å². The normalized spacial score (nSPS) is 21.2. The van der Waals surface area contributed by atoms with Crippen LogP contribution in [0.4, 0.5) is 5.69 Å².